The van der Waals surface area contributed by atoms with E-state index in [4.69, 9.17) is 10.4 Å². The summed E-state index contributed by atoms with van der Waals surface area (Å²) in [6.07, 6.45) is 1.33. The van der Waals surface area contributed by atoms with Crippen LogP contribution in [0.2, 0.25) is 0 Å². The highest BCUT2D eigenvalue weighted by molar-refractivity contribution is 5.77. The number of carboxylic acids is 1. The molecule has 0 aliphatic heterocycles. The van der Waals surface area contributed by atoms with Gasteiger partial charge in [-0.3, -0.25) is 4.79 Å². The summed E-state index contributed by atoms with van der Waals surface area (Å²) in [5.41, 5.74) is -1.21. The first kappa shape index (κ1) is 11.0. The minimum atomic E-state index is -1.21. The van der Waals surface area contributed by atoms with Crippen LogP contribution < -0.4 is 0 Å². The van der Waals surface area contributed by atoms with Crippen LogP contribution in [-0.2, 0) is 4.79 Å². The van der Waals surface area contributed by atoms with Crippen LogP contribution in [0, 0.1) is 22.7 Å². The zero-order valence-corrected chi connectivity index (χ0v) is 7.79. The molecule has 0 aliphatic rings. The second-order valence-electron chi connectivity index (χ2n) is 3.47. The van der Waals surface area contributed by atoms with Crippen molar-refractivity contribution >= 4 is 5.97 Å². The molecule has 2 atom stereocenters. The van der Waals surface area contributed by atoms with Gasteiger partial charge < -0.3 is 5.11 Å². The molecule has 3 nitrogen and oxygen atoms in total. The fourth-order valence-corrected chi connectivity index (χ4v) is 1.02. The zero-order chi connectivity index (χ0) is 9.78. The molecule has 1 N–H and O–H groups in total. The molecule has 0 aromatic rings. The molecule has 0 aromatic heterocycles. The van der Waals surface area contributed by atoms with E-state index in [1.165, 1.54) is 6.92 Å². The summed E-state index contributed by atoms with van der Waals surface area (Å²) in [5, 5.41) is 17.4. The van der Waals surface area contributed by atoms with Crippen LogP contribution in [0.4, 0.5) is 0 Å². The lowest BCUT2D eigenvalue weighted by molar-refractivity contribution is -0.145. The van der Waals surface area contributed by atoms with Gasteiger partial charge in [-0.25, -0.2) is 0 Å². The van der Waals surface area contributed by atoms with Crippen molar-refractivity contribution in [2.45, 2.75) is 33.6 Å². The Hall–Kier alpha value is -1.04. The van der Waals surface area contributed by atoms with E-state index in [9.17, 15) is 4.79 Å². The molecule has 0 amide bonds. The molecule has 0 aliphatic carbocycles. The Labute approximate surface area is 73.0 Å². The Morgan fingerprint density at radius 3 is 2.50 bits per heavy atom. The molecule has 0 radical (unpaired) electrons. The van der Waals surface area contributed by atoms with Gasteiger partial charge in [0, 0.05) is 0 Å². The van der Waals surface area contributed by atoms with Gasteiger partial charge in [0.15, 0.2) is 5.41 Å². The summed E-state index contributed by atoms with van der Waals surface area (Å²) in [7, 11) is 0. The second kappa shape index (κ2) is 4.10. The number of nitriles is 1. The number of nitrogens with zero attached hydrogens (tertiary/aromatic N) is 1. The topological polar surface area (TPSA) is 61.1 Å². The highest BCUT2D eigenvalue weighted by Crippen LogP contribution is 2.26. The monoisotopic (exact) mass is 169 g/mol. The molecule has 68 valence electrons. The van der Waals surface area contributed by atoms with E-state index in [0.717, 1.165) is 6.42 Å². The normalized spacial score (nSPS) is 17.5. The molecule has 0 aromatic carbocycles. The molecule has 0 spiro atoms. The first-order chi connectivity index (χ1) is 5.46. The van der Waals surface area contributed by atoms with Crippen LogP contribution in [0.25, 0.3) is 0 Å². The smallest absolute Gasteiger partial charge is 0.323 e. The third-order valence-electron chi connectivity index (χ3n) is 2.17. The Kier molecular flexibility index (Phi) is 3.75. The molecule has 3 heteroatoms. The van der Waals surface area contributed by atoms with Gasteiger partial charge in [0.2, 0.25) is 0 Å². The van der Waals surface area contributed by atoms with Crippen molar-refractivity contribution in [1.82, 2.24) is 0 Å². The zero-order valence-electron chi connectivity index (χ0n) is 7.79. The lowest BCUT2D eigenvalue weighted by Crippen LogP contribution is -2.27. The number of carbonyl (C=O) groups is 1. The average Bonchev–Trinajstić information content (AvgIpc) is 2.03. The van der Waals surface area contributed by atoms with E-state index < -0.39 is 11.4 Å². The first-order valence-electron chi connectivity index (χ1n) is 4.11. The van der Waals surface area contributed by atoms with Crippen LogP contribution in [-0.4, -0.2) is 11.1 Å². The maximum absolute atomic E-state index is 10.7. The number of rotatable bonds is 4. The van der Waals surface area contributed by atoms with Crippen molar-refractivity contribution in [3.8, 4) is 6.07 Å². The molecular weight excluding hydrogens is 154 g/mol. The number of hydrogen-bond donors (Lipinski definition) is 1. The van der Waals surface area contributed by atoms with Gasteiger partial charge in [-0.05, 0) is 19.3 Å². The van der Waals surface area contributed by atoms with Crippen LogP contribution in [0.15, 0.2) is 0 Å². The van der Waals surface area contributed by atoms with E-state index >= 15 is 0 Å². The second-order valence-corrected chi connectivity index (χ2v) is 3.47. The molecule has 2 unspecified atom stereocenters. The van der Waals surface area contributed by atoms with Gasteiger partial charge in [0.05, 0.1) is 6.07 Å². The van der Waals surface area contributed by atoms with Crippen molar-refractivity contribution in [2.75, 3.05) is 0 Å². The molecule has 0 saturated carbocycles. The van der Waals surface area contributed by atoms with Crippen LogP contribution in [0.5, 0.6) is 0 Å². The molecular formula is C9H15NO2. The van der Waals surface area contributed by atoms with Crippen LogP contribution in [0.1, 0.15) is 33.6 Å². The van der Waals surface area contributed by atoms with E-state index in [-0.39, 0.29) is 5.92 Å². The SMILES string of the molecule is CCC(C)CC(C)(C#N)C(=O)O. The lowest BCUT2D eigenvalue weighted by atomic mass is 9.82. The molecule has 0 bridgehead atoms. The van der Waals surface area contributed by atoms with E-state index in [1.54, 1.807) is 0 Å². The summed E-state index contributed by atoms with van der Waals surface area (Å²) in [6.45, 7) is 5.42. The summed E-state index contributed by atoms with van der Waals surface area (Å²) in [6, 6.07) is 1.84. The molecule has 0 rings (SSSR count). The van der Waals surface area contributed by atoms with Gasteiger partial charge in [-0.15, -0.1) is 0 Å². The number of carboxylic acid groups (broad SMARTS) is 1. The van der Waals surface area contributed by atoms with E-state index in [2.05, 4.69) is 0 Å². The Morgan fingerprint density at radius 2 is 2.25 bits per heavy atom. The molecule has 12 heavy (non-hydrogen) atoms. The largest absolute Gasteiger partial charge is 0.480 e. The standard InChI is InChI=1S/C9H15NO2/c1-4-7(2)5-9(3,6-10)8(11)12/h7H,4-5H2,1-3H3,(H,11,12). The molecule has 0 fully saturated rings. The Balaban J connectivity index is 4.37. The van der Waals surface area contributed by atoms with Gasteiger partial charge in [-0.1, -0.05) is 20.3 Å². The third-order valence-corrected chi connectivity index (χ3v) is 2.17. The summed E-state index contributed by atoms with van der Waals surface area (Å²) in [5.74, 6) is -0.740. The number of aliphatic carboxylic acids is 1. The highest BCUT2D eigenvalue weighted by Gasteiger charge is 2.34. The average molecular weight is 169 g/mol. The fourth-order valence-electron chi connectivity index (χ4n) is 1.02. The summed E-state index contributed by atoms with van der Waals surface area (Å²) >= 11 is 0. The summed E-state index contributed by atoms with van der Waals surface area (Å²) in [4.78, 5) is 10.7. The molecule has 0 saturated heterocycles. The van der Waals surface area contributed by atoms with Gasteiger partial charge >= 0.3 is 5.97 Å². The van der Waals surface area contributed by atoms with Gasteiger partial charge in [-0.2, -0.15) is 5.26 Å². The fraction of sp³-hybridized carbons (Fsp3) is 0.778. The van der Waals surface area contributed by atoms with Crippen molar-refractivity contribution in [3.05, 3.63) is 0 Å². The maximum Gasteiger partial charge on any atom is 0.323 e. The lowest BCUT2D eigenvalue weighted by Gasteiger charge is -2.19. The predicted molar refractivity (Wildman–Crippen MR) is 45.4 cm³/mol. The minimum absolute atomic E-state index is 0.283. The van der Waals surface area contributed by atoms with Crippen LogP contribution >= 0.6 is 0 Å². The Bertz CT molecular complexity index is 207. The minimum Gasteiger partial charge on any atom is -0.480 e. The van der Waals surface area contributed by atoms with Gasteiger partial charge in [0.1, 0.15) is 0 Å². The summed E-state index contributed by atoms with van der Waals surface area (Å²) < 4.78 is 0. The Morgan fingerprint density at radius 1 is 1.75 bits per heavy atom. The van der Waals surface area contributed by atoms with Crippen molar-refractivity contribution < 1.29 is 9.90 Å². The van der Waals surface area contributed by atoms with Crippen molar-refractivity contribution in [2.24, 2.45) is 11.3 Å². The van der Waals surface area contributed by atoms with Crippen LogP contribution in [0.3, 0.4) is 0 Å². The first-order valence-corrected chi connectivity index (χ1v) is 4.11. The maximum atomic E-state index is 10.7. The van der Waals surface area contributed by atoms with Gasteiger partial charge in [0.25, 0.3) is 0 Å². The predicted octanol–water partition coefficient (Wildman–Crippen LogP) is 2.04. The number of hydrogen-bond acceptors (Lipinski definition) is 2. The van der Waals surface area contributed by atoms with Crippen molar-refractivity contribution in [1.29, 1.82) is 5.26 Å². The third kappa shape index (κ3) is 2.54. The molecule has 0 heterocycles. The highest BCUT2D eigenvalue weighted by atomic mass is 16.4. The van der Waals surface area contributed by atoms with E-state index in [0.29, 0.717) is 6.42 Å². The van der Waals surface area contributed by atoms with E-state index in [1.807, 2.05) is 19.9 Å². The quantitative estimate of drug-likeness (QED) is 0.700. The van der Waals surface area contributed by atoms with Crippen molar-refractivity contribution in [3.63, 3.8) is 0 Å².